The maximum Gasteiger partial charge on any atom is 0.242 e. The number of hydrogen-bond donors (Lipinski definition) is 2. The molecule has 0 aliphatic carbocycles. The van der Waals surface area contributed by atoms with Gasteiger partial charge in [0.1, 0.15) is 5.25 Å². The molecule has 1 rings (SSSR count). The van der Waals surface area contributed by atoms with Crippen molar-refractivity contribution in [2.24, 2.45) is 5.92 Å². The van der Waals surface area contributed by atoms with Gasteiger partial charge in [0.05, 0.1) is 5.75 Å². The van der Waals surface area contributed by atoms with E-state index in [1.807, 2.05) is 20.8 Å². The van der Waals surface area contributed by atoms with Gasteiger partial charge in [0.2, 0.25) is 5.91 Å². The Labute approximate surface area is 126 Å². The smallest absolute Gasteiger partial charge is 0.242 e. The van der Waals surface area contributed by atoms with E-state index in [0.717, 1.165) is 5.56 Å². The molecule has 0 saturated heterocycles. The Balaban J connectivity index is 2.81. The molecule has 1 aromatic rings. The van der Waals surface area contributed by atoms with Gasteiger partial charge in [-0.2, -0.15) is 0 Å². The van der Waals surface area contributed by atoms with Crippen LogP contribution >= 0.6 is 0 Å². The summed E-state index contributed by atoms with van der Waals surface area (Å²) >= 11 is 0. The number of nitrogens with one attached hydrogen (secondary N) is 1. The molecular weight excluding hydrogens is 288 g/mol. The van der Waals surface area contributed by atoms with Crippen molar-refractivity contribution in [2.75, 3.05) is 16.8 Å². The molecule has 1 unspecified atom stereocenters. The molecule has 0 spiro atoms. The Morgan fingerprint density at radius 2 is 1.90 bits per heavy atom. The summed E-state index contributed by atoms with van der Waals surface area (Å²) < 4.78 is 24.3. The molecule has 1 atom stereocenters. The third-order valence-electron chi connectivity index (χ3n) is 3.41. The van der Waals surface area contributed by atoms with Crippen LogP contribution in [0.5, 0.6) is 0 Å². The van der Waals surface area contributed by atoms with Gasteiger partial charge in [-0.3, -0.25) is 4.79 Å². The van der Waals surface area contributed by atoms with E-state index in [1.165, 1.54) is 6.92 Å². The van der Waals surface area contributed by atoms with E-state index < -0.39 is 21.0 Å². The molecule has 0 aliphatic rings. The summed E-state index contributed by atoms with van der Waals surface area (Å²) in [6.45, 7) is 7.16. The highest BCUT2D eigenvalue weighted by atomic mass is 32.2. The first-order chi connectivity index (χ1) is 9.63. The Morgan fingerprint density at radius 3 is 2.48 bits per heavy atom. The molecule has 21 heavy (non-hydrogen) atoms. The second-order valence-corrected chi connectivity index (χ2v) is 8.20. The van der Waals surface area contributed by atoms with Gasteiger partial charge in [0.15, 0.2) is 9.84 Å². The van der Waals surface area contributed by atoms with Gasteiger partial charge in [-0.15, -0.1) is 0 Å². The number of anilines is 2. The van der Waals surface area contributed by atoms with E-state index in [4.69, 9.17) is 5.73 Å². The molecule has 0 saturated carbocycles. The largest absolute Gasteiger partial charge is 0.399 e. The Hall–Kier alpha value is -1.56. The fourth-order valence-electron chi connectivity index (χ4n) is 1.75. The highest BCUT2D eigenvalue weighted by Gasteiger charge is 2.28. The lowest BCUT2D eigenvalue weighted by Crippen LogP contribution is -2.34. The first-order valence-electron chi connectivity index (χ1n) is 7.02. The number of amides is 1. The maximum absolute atomic E-state index is 12.1. The molecule has 0 heterocycles. The van der Waals surface area contributed by atoms with Crippen LogP contribution < -0.4 is 11.1 Å². The molecule has 0 aliphatic heterocycles. The number of aryl methyl sites for hydroxylation is 1. The zero-order valence-electron chi connectivity index (χ0n) is 13.0. The first-order valence-corrected chi connectivity index (χ1v) is 8.73. The van der Waals surface area contributed by atoms with Crippen LogP contribution in [-0.2, 0) is 14.6 Å². The van der Waals surface area contributed by atoms with Gasteiger partial charge in [-0.05, 0) is 43.9 Å². The van der Waals surface area contributed by atoms with Crippen LogP contribution in [0.3, 0.4) is 0 Å². The first kappa shape index (κ1) is 17.5. The van der Waals surface area contributed by atoms with Crippen LogP contribution in [0.25, 0.3) is 0 Å². The summed E-state index contributed by atoms with van der Waals surface area (Å²) in [6.07, 6.45) is 0.553. The standard InChI is InChI=1S/C15H24N2O3S/c1-10(2)7-8-21(19,20)12(4)15(18)17-14-9-13(16)6-5-11(14)3/h5-6,9-10,12H,7-8,16H2,1-4H3,(H,17,18). The number of carbonyl (C=O) groups is 1. The van der Waals surface area contributed by atoms with Crippen molar-refractivity contribution in [1.82, 2.24) is 0 Å². The van der Waals surface area contributed by atoms with Gasteiger partial charge >= 0.3 is 0 Å². The van der Waals surface area contributed by atoms with E-state index in [1.54, 1.807) is 18.2 Å². The lowest BCUT2D eigenvalue weighted by atomic mass is 10.2. The predicted molar refractivity (Wildman–Crippen MR) is 86.9 cm³/mol. The average molecular weight is 312 g/mol. The summed E-state index contributed by atoms with van der Waals surface area (Å²) in [6, 6.07) is 5.14. The monoisotopic (exact) mass is 312 g/mol. The number of hydrogen-bond acceptors (Lipinski definition) is 4. The van der Waals surface area contributed by atoms with Crippen LogP contribution in [0, 0.1) is 12.8 Å². The summed E-state index contributed by atoms with van der Waals surface area (Å²) in [5.41, 5.74) is 7.58. The third-order valence-corrected chi connectivity index (χ3v) is 5.50. The molecule has 6 heteroatoms. The number of carbonyl (C=O) groups excluding carboxylic acids is 1. The van der Waals surface area contributed by atoms with Crippen molar-refractivity contribution < 1.29 is 13.2 Å². The molecule has 1 amide bonds. The van der Waals surface area contributed by atoms with Crippen molar-refractivity contribution in [1.29, 1.82) is 0 Å². The van der Waals surface area contributed by atoms with Gasteiger partial charge in [-0.25, -0.2) is 8.42 Å². The summed E-state index contributed by atoms with van der Waals surface area (Å²) in [5, 5.41) is 1.57. The molecule has 0 fully saturated rings. The quantitative estimate of drug-likeness (QED) is 0.789. The number of rotatable bonds is 6. The zero-order chi connectivity index (χ0) is 16.2. The van der Waals surface area contributed by atoms with Crippen LogP contribution in [0.4, 0.5) is 11.4 Å². The minimum absolute atomic E-state index is 0.0230. The fourth-order valence-corrected chi connectivity index (χ4v) is 3.29. The Bertz CT molecular complexity index is 609. The second-order valence-electron chi connectivity index (χ2n) is 5.76. The highest BCUT2D eigenvalue weighted by Crippen LogP contribution is 2.19. The Kier molecular flexibility index (Phi) is 5.78. The van der Waals surface area contributed by atoms with Gasteiger partial charge in [0.25, 0.3) is 0 Å². The second kappa shape index (κ2) is 6.93. The number of nitrogen functional groups attached to an aromatic ring is 1. The summed E-state index contributed by atoms with van der Waals surface area (Å²) in [7, 11) is -3.44. The van der Waals surface area contributed by atoms with E-state index in [-0.39, 0.29) is 11.7 Å². The van der Waals surface area contributed by atoms with Crippen LogP contribution in [0.1, 0.15) is 32.8 Å². The highest BCUT2D eigenvalue weighted by molar-refractivity contribution is 7.92. The molecular formula is C15H24N2O3S. The van der Waals surface area contributed by atoms with Crippen LogP contribution in [0.15, 0.2) is 18.2 Å². The lowest BCUT2D eigenvalue weighted by molar-refractivity contribution is -0.115. The Morgan fingerprint density at radius 1 is 1.29 bits per heavy atom. The van der Waals surface area contributed by atoms with E-state index in [0.29, 0.717) is 17.8 Å². The van der Waals surface area contributed by atoms with Crippen molar-refractivity contribution in [3.63, 3.8) is 0 Å². The normalized spacial score (nSPS) is 13.2. The van der Waals surface area contributed by atoms with E-state index in [9.17, 15) is 13.2 Å². The summed E-state index contributed by atoms with van der Waals surface area (Å²) in [5.74, 6) is -0.214. The molecule has 1 aromatic carbocycles. The minimum atomic E-state index is -3.44. The number of sulfone groups is 1. The molecule has 118 valence electrons. The van der Waals surface area contributed by atoms with Gasteiger partial charge < -0.3 is 11.1 Å². The van der Waals surface area contributed by atoms with Crippen molar-refractivity contribution in [3.8, 4) is 0 Å². The zero-order valence-corrected chi connectivity index (χ0v) is 13.8. The third kappa shape index (κ3) is 5.04. The average Bonchev–Trinajstić information content (AvgIpc) is 2.39. The van der Waals surface area contributed by atoms with Crippen LogP contribution in [0.2, 0.25) is 0 Å². The van der Waals surface area contributed by atoms with E-state index >= 15 is 0 Å². The van der Waals surface area contributed by atoms with Gasteiger partial charge in [-0.1, -0.05) is 19.9 Å². The van der Waals surface area contributed by atoms with Crippen molar-refractivity contribution in [2.45, 2.75) is 39.4 Å². The SMILES string of the molecule is Cc1ccc(N)cc1NC(=O)C(C)S(=O)(=O)CCC(C)C. The number of benzene rings is 1. The molecule has 5 nitrogen and oxygen atoms in total. The molecule has 0 bridgehead atoms. The van der Waals surface area contributed by atoms with Crippen molar-refractivity contribution in [3.05, 3.63) is 23.8 Å². The van der Waals surface area contributed by atoms with E-state index in [2.05, 4.69) is 5.32 Å². The van der Waals surface area contributed by atoms with Crippen molar-refractivity contribution >= 4 is 27.1 Å². The predicted octanol–water partition coefficient (Wildman–Crippen LogP) is 2.37. The van der Waals surface area contributed by atoms with Gasteiger partial charge in [0, 0.05) is 11.4 Å². The van der Waals surface area contributed by atoms with Crippen LogP contribution in [-0.4, -0.2) is 25.3 Å². The molecule has 0 aromatic heterocycles. The maximum atomic E-state index is 12.1. The molecule has 0 radical (unpaired) electrons. The summed E-state index contributed by atoms with van der Waals surface area (Å²) in [4.78, 5) is 12.1. The lowest BCUT2D eigenvalue weighted by Gasteiger charge is -2.15. The number of nitrogens with two attached hydrogens (primary N) is 1. The topological polar surface area (TPSA) is 89.3 Å². The minimum Gasteiger partial charge on any atom is -0.399 e. The fraction of sp³-hybridized carbons (Fsp3) is 0.533. The molecule has 3 N–H and O–H groups in total.